The molecule has 4 aromatic rings. The molecule has 33 heavy (non-hydrogen) atoms. The molecule has 0 atom stereocenters. The second kappa shape index (κ2) is 9.18. The van der Waals surface area contributed by atoms with Gasteiger partial charge in [0.25, 0.3) is 11.6 Å². The van der Waals surface area contributed by atoms with Crippen molar-refractivity contribution in [2.45, 2.75) is 6.61 Å². The van der Waals surface area contributed by atoms with Gasteiger partial charge in [-0.2, -0.15) is 0 Å². The largest absolute Gasteiger partial charge is 0.487 e. The number of esters is 1. The van der Waals surface area contributed by atoms with E-state index in [1.165, 1.54) is 6.07 Å². The molecule has 0 spiro atoms. The molecule has 4 rings (SSSR count). The van der Waals surface area contributed by atoms with Crippen molar-refractivity contribution in [1.29, 1.82) is 0 Å². The van der Waals surface area contributed by atoms with Crippen LogP contribution in [0.1, 0.15) is 26.4 Å². The van der Waals surface area contributed by atoms with E-state index in [0.717, 1.165) is 30.6 Å². The van der Waals surface area contributed by atoms with E-state index in [1.807, 2.05) is 35.0 Å². The molecular weight excluding hydrogens is 428 g/mol. The number of nitrogens with one attached hydrogen (secondary N) is 1. The molecule has 0 radical (unpaired) electrons. The normalized spacial score (nSPS) is 10.6. The van der Waals surface area contributed by atoms with E-state index < -0.39 is 22.5 Å². The average Bonchev–Trinajstić information content (AvgIpc) is 3.25. The molecule has 0 aliphatic heterocycles. The van der Waals surface area contributed by atoms with Gasteiger partial charge in [-0.25, -0.2) is 9.78 Å². The molecule has 166 valence electrons. The molecule has 2 aromatic heterocycles. The van der Waals surface area contributed by atoms with Gasteiger partial charge in [-0.1, -0.05) is 12.1 Å². The predicted molar refractivity (Wildman–Crippen MR) is 118 cm³/mol. The third-order valence-electron chi connectivity index (χ3n) is 4.70. The molecule has 0 saturated heterocycles. The molecule has 1 amide bonds. The molecule has 2 heterocycles. The first kappa shape index (κ1) is 21.5. The molecule has 0 aliphatic carbocycles. The Morgan fingerprint density at radius 2 is 1.91 bits per heavy atom. The second-order valence-electron chi connectivity index (χ2n) is 6.99. The summed E-state index contributed by atoms with van der Waals surface area (Å²) in [6, 6.07) is 15.8. The number of methoxy groups -OCH3 is 1. The highest BCUT2D eigenvalue weighted by atomic mass is 16.6. The number of nitro benzene ring substituents is 1. The van der Waals surface area contributed by atoms with Crippen LogP contribution in [0.2, 0.25) is 0 Å². The van der Waals surface area contributed by atoms with Crippen molar-refractivity contribution in [1.82, 2.24) is 9.38 Å². The summed E-state index contributed by atoms with van der Waals surface area (Å²) in [5.41, 5.74) is 1.41. The minimum atomic E-state index is -0.782. The fourth-order valence-electron chi connectivity index (χ4n) is 3.16. The zero-order valence-electron chi connectivity index (χ0n) is 17.4. The minimum Gasteiger partial charge on any atom is -0.487 e. The van der Waals surface area contributed by atoms with Gasteiger partial charge in [-0.3, -0.25) is 14.9 Å². The van der Waals surface area contributed by atoms with Crippen molar-refractivity contribution in [3.05, 3.63) is 100.0 Å². The van der Waals surface area contributed by atoms with Gasteiger partial charge < -0.3 is 19.2 Å². The number of benzene rings is 2. The highest BCUT2D eigenvalue weighted by Gasteiger charge is 2.18. The van der Waals surface area contributed by atoms with Crippen molar-refractivity contribution in [3.63, 3.8) is 0 Å². The number of anilines is 1. The first-order valence-electron chi connectivity index (χ1n) is 9.77. The number of amides is 1. The zero-order chi connectivity index (χ0) is 23.4. The lowest BCUT2D eigenvalue weighted by molar-refractivity contribution is -0.384. The summed E-state index contributed by atoms with van der Waals surface area (Å²) in [6.07, 6.45) is 3.75. The summed E-state index contributed by atoms with van der Waals surface area (Å²) in [5.74, 6) is -0.907. The van der Waals surface area contributed by atoms with E-state index in [1.54, 1.807) is 24.3 Å². The van der Waals surface area contributed by atoms with Crippen molar-refractivity contribution in [2.75, 3.05) is 12.4 Å². The van der Waals surface area contributed by atoms with Crippen LogP contribution in [0.4, 0.5) is 11.4 Å². The molecule has 0 bridgehead atoms. The van der Waals surface area contributed by atoms with Crippen LogP contribution in [-0.4, -0.2) is 33.3 Å². The van der Waals surface area contributed by atoms with Gasteiger partial charge in [-0.05, 0) is 30.3 Å². The summed E-state index contributed by atoms with van der Waals surface area (Å²) in [5, 5.41) is 13.8. The Balaban J connectivity index is 1.48. The molecule has 0 unspecified atom stereocenters. The van der Waals surface area contributed by atoms with E-state index in [-0.39, 0.29) is 17.7 Å². The molecule has 0 fully saturated rings. The number of aromatic nitrogens is 2. The lowest BCUT2D eigenvalue weighted by Gasteiger charge is -2.09. The average molecular weight is 446 g/mol. The maximum Gasteiger partial charge on any atom is 0.338 e. The Morgan fingerprint density at radius 3 is 2.67 bits per heavy atom. The van der Waals surface area contributed by atoms with Gasteiger partial charge in [0.2, 0.25) is 0 Å². The van der Waals surface area contributed by atoms with Gasteiger partial charge in [0.15, 0.2) is 0 Å². The summed E-state index contributed by atoms with van der Waals surface area (Å²) < 4.78 is 12.3. The summed E-state index contributed by atoms with van der Waals surface area (Å²) in [7, 11) is 1.15. The minimum absolute atomic E-state index is 0.0550. The number of hydrogen-bond acceptors (Lipinski definition) is 7. The molecule has 2 aromatic carbocycles. The molecule has 0 saturated carbocycles. The van der Waals surface area contributed by atoms with Gasteiger partial charge in [0, 0.05) is 41.8 Å². The Bertz CT molecular complexity index is 1330. The van der Waals surface area contributed by atoms with E-state index in [2.05, 4.69) is 15.0 Å². The van der Waals surface area contributed by atoms with Crippen LogP contribution in [0.3, 0.4) is 0 Å². The fourth-order valence-corrected chi connectivity index (χ4v) is 3.16. The number of pyridine rings is 1. The number of imidazole rings is 1. The second-order valence-corrected chi connectivity index (χ2v) is 6.99. The van der Waals surface area contributed by atoms with Crippen LogP contribution >= 0.6 is 0 Å². The van der Waals surface area contributed by atoms with E-state index in [4.69, 9.17) is 4.74 Å². The number of non-ortho nitro benzene ring substituents is 1. The Kier molecular flexibility index (Phi) is 5.98. The van der Waals surface area contributed by atoms with E-state index in [9.17, 15) is 19.7 Å². The Labute approximate surface area is 187 Å². The number of fused-ring (bicyclic) bond motifs is 1. The standard InChI is InChI=1S/C23H18N4O6/c1-32-23(29)16-9-15(10-19(11-16)27(30)31)22(28)25-17-5-4-6-20(12-17)33-14-18-13-26-8-3-2-7-21(26)24-18/h2-13H,14H2,1H3,(H,25,28). The molecule has 10 heteroatoms. The maximum absolute atomic E-state index is 12.7. The van der Waals surface area contributed by atoms with Crippen molar-refractivity contribution >= 4 is 28.9 Å². The lowest BCUT2D eigenvalue weighted by Crippen LogP contribution is -2.14. The number of rotatable bonds is 7. The summed E-state index contributed by atoms with van der Waals surface area (Å²) in [4.78, 5) is 39.5. The molecular formula is C23H18N4O6. The van der Waals surface area contributed by atoms with Gasteiger partial charge in [0.05, 0.1) is 23.3 Å². The highest BCUT2D eigenvalue weighted by molar-refractivity contribution is 6.06. The summed E-state index contributed by atoms with van der Waals surface area (Å²) in [6.45, 7) is 0.229. The SMILES string of the molecule is COC(=O)c1cc(C(=O)Nc2cccc(OCc3cn4ccccc4n3)c2)cc([N+](=O)[O-])c1. The van der Waals surface area contributed by atoms with Crippen molar-refractivity contribution in [2.24, 2.45) is 0 Å². The molecule has 10 nitrogen and oxygen atoms in total. The quantitative estimate of drug-likeness (QED) is 0.260. The molecule has 1 N–H and O–H groups in total. The monoisotopic (exact) mass is 446 g/mol. The van der Waals surface area contributed by atoms with Crippen LogP contribution in [0.5, 0.6) is 5.75 Å². The van der Waals surface area contributed by atoms with Crippen molar-refractivity contribution < 1.29 is 24.0 Å². The predicted octanol–water partition coefficient (Wildman–Crippen LogP) is 3.86. The first-order chi connectivity index (χ1) is 15.9. The lowest BCUT2D eigenvalue weighted by atomic mass is 10.1. The van der Waals surface area contributed by atoms with Gasteiger partial charge in [-0.15, -0.1) is 0 Å². The smallest absolute Gasteiger partial charge is 0.338 e. The summed E-state index contributed by atoms with van der Waals surface area (Å²) >= 11 is 0. The van der Waals surface area contributed by atoms with Gasteiger partial charge >= 0.3 is 5.97 Å². The number of carbonyl (C=O) groups is 2. The van der Waals surface area contributed by atoms with Gasteiger partial charge in [0.1, 0.15) is 18.0 Å². The van der Waals surface area contributed by atoms with Crippen LogP contribution in [0, 0.1) is 10.1 Å². The van der Waals surface area contributed by atoms with Crippen LogP contribution < -0.4 is 10.1 Å². The van der Waals surface area contributed by atoms with Crippen LogP contribution in [-0.2, 0) is 11.3 Å². The van der Waals surface area contributed by atoms with Crippen LogP contribution in [0.25, 0.3) is 5.65 Å². The topological polar surface area (TPSA) is 125 Å². The third-order valence-corrected chi connectivity index (χ3v) is 4.70. The van der Waals surface area contributed by atoms with Crippen LogP contribution in [0.15, 0.2) is 73.1 Å². The Hall–Kier alpha value is -4.73. The fraction of sp³-hybridized carbons (Fsp3) is 0.0870. The number of carbonyl (C=O) groups excluding carboxylic acids is 2. The number of nitrogens with zero attached hydrogens (tertiary/aromatic N) is 3. The number of hydrogen-bond donors (Lipinski definition) is 1. The van der Waals surface area contributed by atoms with Crippen molar-refractivity contribution in [3.8, 4) is 5.75 Å². The van der Waals surface area contributed by atoms with E-state index in [0.29, 0.717) is 11.4 Å². The van der Waals surface area contributed by atoms with E-state index >= 15 is 0 Å². The highest BCUT2D eigenvalue weighted by Crippen LogP contribution is 2.22. The Morgan fingerprint density at radius 1 is 1.09 bits per heavy atom. The number of ether oxygens (including phenoxy) is 2. The maximum atomic E-state index is 12.7. The third kappa shape index (κ3) is 4.96. The first-order valence-corrected chi connectivity index (χ1v) is 9.77. The number of nitro groups is 1. The zero-order valence-corrected chi connectivity index (χ0v) is 17.4. The molecule has 0 aliphatic rings.